The van der Waals surface area contributed by atoms with E-state index in [-0.39, 0.29) is 11.7 Å². The Balaban J connectivity index is 2.03. The first-order valence-electron chi connectivity index (χ1n) is 6.62. The molecule has 19 heavy (non-hydrogen) atoms. The maximum Gasteiger partial charge on any atom is 0.223 e. The summed E-state index contributed by atoms with van der Waals surface area (Å²) in [5.74, 6) is 0.279. The standard InChI is InChI=1S/C15H20N2O2/c1-16(2)13-5-3-12(4-6-13)11-17-10-9-14(18)7-8-15(17)19/h3-6H,7-11H2,1-2H3. The SMILES string of the molecule is CN(C)c1ccc(CN2CCC(=O)CCC2=O)cc1. The molecule has 0 spiro atoms. The Morgan fingerprint density at radius 2 is 1.74 bits per heavy atom. The van der Waals surface area contributed by atoms with Gasteiger partial charge in [0.1, 0.15) is 5.78 Å². The summed E-state index contributed by atoms with van der Waals surface area (Å²) in [6, 6.07) is 8.16. The van der Waals surface area contributed by atoms with Gasteiger partial charge in [0.15, 0.2) is 0 Å². The molecule has 1 aromatic carbocycles. The van der Waals surface area contributed by atoms with Gasteiger partial charge in [0, 0.05) is 52.1 Å². The van der Waals surface area contributed by atoms with Crippen molar-refractivity contribution in [3.05, 3.63) is 29.8 Å². The zero-order chi connectivity index (χ0) is 13.8. The molecule has 1 aliphatic rings. The molecule has 0 aliphatic carbocycles. The third-order valence-corrected chi connectivity index (χ3v) is 3.46. The Morgan fingerprint density at radius 1 is 1.05 bits per heavy atom. The van der Waals surface area contributed by atoms with Crippen molar-refractivity contribution in [3.8, 4) is 0 Å². The number of benzene rings is 1. The molecule has 4 nitrogen and oxygen atoms in total. The summed E-state index contributed by atoms with van der Waals surface area (Å²) in [4.78, 5) is 27.1. The molecular weight excluding hydrogens is 240 g/mol. The van der Waals surface area contributed by atoms with Gasteiger partial charge in [-0.2, -0.15) is 0 Å². The number of nitrogens with zero attached hydrogens (tertiary/aromatic N) is 2. The highest BCUT2D eigenvalue weighted by atomic mass is 16.2. The molecule has 0 atom stereocenters. The van der Waals surface area contributed by atoms with Gasteiger partial charge < -0.3 is 9.80 Å². The van der Waals surface area contributed by atoms with Gasteiger partial charge in [-0.1, -0.05) is 12.1 Å². The van der Waals surface area contributed by atoms with Crippen LogP contribution in [0.2, 0.25) is 0 Å². The van der Waals surface area contributed by atoms with E-state index in [0.29, 0.717) is 32.4 Å². The molecule has 1 fully saturated rings. The van der Waals surface area contributed by atoms with Crippen molar-refractivity contribution in [2.75, 3.05) is 25.5 Å². The Bertz CT molecular complexity index is 466. The first kappa shape index (κ1) is 13.6. The summed E-state index contributed by atoms with van der Waals surface area (Å²) >= 11 is 0. The van der Waals surface area contributed by atoms with E-state index in [4.69, 9.17) is 0 Å². The van der Waals surface area contributed by atoms with Crippen molar-refractivity contribution in [2.45, 2.75) is 25.8 Å². The van der Waals surface area contributed by atoms with Crippen molar-refractivity contribution >= 4 is 17.4 Å². The largest absolute Gasteiger partial charge is 0.378 e. The number of anilines is 1. The zero-order valence-electron chi connectivity index (χ0n) is 11.6. The monoisotopic (exact) mass is 260 g/mol. The van der Waals surface area contributed by atoms with Crippen molar-refractivity contribution in [1.29, 1.82) is 0 Å². The third-order valence-electron chi connectivity index (χ3n) is 3.46. The van der Waals surface area contributed by atoms with E-state index >= 15 is 0 Å². The molecule has 0 saturated carbocycles. The molecule has 2 rings (SSSR count). The van der Waals surface area contributed by atoms with E-state index in [1.807, 2.05) is 43.3 Å². The van der Waals surface area contributed by atoms with Gasteiger partial charge in [-0.3, -0.25) is 9.59 Å². The lowest BCUT2D eigenvalue weighted by atomic mass is 10.2. The molecule has 1 amide bonds. The Morgan fingerprint density at radius 3 is 2.37 bits per heavy atom. The van der Waals surface area contributed by atoms with Gasteiger partial charge >= 0.3 is 0 Å². The maximum absolute atomic E-state index is 11.9. The number of amides is 1. The first-order valence-corrected chi connectivity index (χ1v) is 6.62. The predicted octanol–water partition coefficient (Wildman–Crippen LogP) is 1.83. The highest BCUT2D eigenvalue weighted by Gasteiger charge is 2.20. The number of ketones is 1. The Labute approximate surface area is 114 Å². The van der Waals surface area contributed by atoms with Gasteiger partial charge in [0.2, 0.25) is 5.91 Å². The molecule has 4 heteroatoms. The molecule has 0 unspecified atom stereocenters. The van der Waals surface area contributed by atoms with Gasteiger partial charge in [-0.15, -0.1) is 0 Å². The minimum atomic E-state index is 0.0857. The fourth-order valence-electron chi connectivity index (χ4n) is 2.20. The Kier molecular flexibility index (Phi) is 4.20. The molecule has 0 radical (unpaired) electrons. The van der Waals surface area contributed by atoms with Crippen LogP contribution in [0.4, 0.5) is 5.69 Å². The van der Waals surface area contributed by atoms with Crippen molar-refractivity contribution in [3.63, 3.8) is 0 Å². The van der Waals surface area contributed by atoms with Gasteiger partial charge in [-0.05, 0) is 17.7 Å². The topological polar surface area (TPSA) is 40.6 Å². The molecule has 0 N–H and O–H groups in total. The lowest BCUT2D eigenvalue weighted by Gasteiger charge is -2.21. The van der Waals surface area contributed by atoms with Gasteiger partial charge in [0.05, 0.1) is 0 Å². The normalized spacial score (nSPS) is 16.4. The fourth-order valence-corrected chi connectivity index (χ4v) is 2.20. The molecule has 1 aromatic rings. The summed E-state index contributed by atoms with van der Waals surface area (Å²) in [5.41, 5.74) is 2.24. The molecule has 102 valence electrons. The van der Waals surface area contributed by atoms with E-state index in [1.54, 1.807) is 4.90 Å². The van der Waals surface area contributed by atoms with E-state index in [0.717, 1.165) is 11.3 Å². The maximum atomic E-state index is 11.9. The van der Waals surface area contributed by atoms with E-state index < -0.39 is 0 Å². The molecule has 1 heterocycles. The second-order valence-electron chi connectivity index (χ2n) is 5.16. The van der Waals surface area contributed by atoms with Crippen molar-refractivity contribution in [2.24, 2.45) is 0 Å². The quantitative estimate of drug-likeness (QED) is 0.832. The van der Waals surface area contributed by atoms with Crippen molar-refractivity contribution < 1.29 is 9.59 Å². The van der Waals surface area contributed by atoms with Crippen LogP contribution < -0.4 is 4.90 Å². The minimum Gasteiger partial charge on any atom is -0.378 e. The third kappa shape index (κ3) is 3.56. The minimum absolute atomic E-state index is 0.0857. The van der Waals surface area contributed by atoms with Gasteiger partial charge in [0.25, 0.3) is 0 Å². The van der Waals surface area contributed by atoms with Crippen LogP contribution in [-0.4, -0.2) is 37.2 Å². The number of likely N-dealkylation sites (tertiary alicyclic amines) is 1. The van der Waals surface area contributed by atoms with Crippen LogP contribution in [0.3, 0.4) is 0 Å². The van der Waals surface area contributed by atoms with Crippen LogP contribution in [0.5, 0.6) is 0 Å². The number of Topliss-reactive ketones (excluding diaryl/α,β-unsaturated/α-hetero) is 1. The number of carbonyl (C=O) groups excluding carboxylic acids is 2. The lowest BCUT2D eigenvalue weighted by Crippen LogP contribution is -2.29. The molecule has 0 bridgehead atoms. The van der Waals surface area contributed by atoms with Crippen LogP contribution in [-0.2, 0) is 16.1 Å². The summed E-state index contributed by atoms with van der Waals surface area (Å²) in [6.45, 7) is 1.15. The van der Waals surface area contributed by atoms with E-state index in [2.05, 4.69) is 0 Å². The summed E-state index contributed by atoms with van der Waals surface area (Å²) < 4.78 is 0. The summed E-state index contributed by atoms with van der Waals surface area (Å²) in [6.07, 6.45) is 1.24. The zero-order valence-corrected chi connectivity index (χ0v) is 11.6. The van der Waals surface area contributed by atoms with Crippen LogP contribution in [0, 0.1) is 0 Å². The molecule has 1 aliphatic heterocycles. The highest BCUT2D eigenvalue weighted by molar-refractivity contribution is 5.87. The number of rotatable bonds is 3. The number of hydrogen-bond acceptors (Lipinski definition) is 3. The average Bonchev–Trinajstić information content (AvgIpc) is 2.55. The first-order chi connectivity index (χ1) is 9.06. The van der Waals surface area contributed by atoms with E-state index in [9.17, 15) is 9.59 Å². The summed E-state index contributed by atoms with van der Waals surface area (Å²) in [7, 11) is 4.00. The number of hydrogen-bond donors (Lipinski definition) is 0. The average molecular weight is 260 g/mol. The van der Waals surface area contributed by atoms with Gasteiger partial charge in [-0.25, -0.2) is 0 Å². The second kappa shape index (κ2) is 5.87. The smallest absolute Gasteiger partial charge is 0.223 e. The predicted molar refractivity (Wildman–Crippen MR) is 75.0 cm³/mol. The highest BCUT2D eigenvalue weighted by Crippen LogP contribution is 2.16. The molecule has 1 saturated heterocycles. The van der Waals surface area contributed by atoms with Crippen LogP contribution in [0.25, 0.3) is 0 Å². The Hall–Kier alpha value is -1.84. The van der Waals surface area contributed by atoms with Crippen LogP contribution in [0.15, 0.2) is 24.3 Å². The van der Waals surface area contributed by atoms with E-state index in [1.165, 1.54) is 0 Å². The lowest BCUT2D eigenvalue weighted by molar-refractivity contribution is -0.131. The van der Waals surface area contributed by atoms with Crippen LogP contribution >= 0.6 is 0 Å². The fraction of sp³-hybridized carbons (Fsp3) is 0.467. The molecule has 0 aromatic heterocycles. The summed E-state index contributed by atoms with van der Waals surface area (Å²) in [5, 5.41) is 0. The van der Waals surface area contributed by atoms with Crippen LogP contribution in [0.1, 0.15) is 24.8 Å². The second-order valence-corrected chi connectivity index (χ2v) is 5.16. The molecular formula is C15H20N2O2. The van der Waals surface area contributed by atoms with Crippen molar-refractivity contribution in [1.82, 2.24) is 4.90 Å². The number of carbonyl (C=O) groups is 2.